The molecule has 0 bridgehead atoms. The Balaban J connectivity index is 1.66. The molecule has 0 amide bonds. The van der Waals surface area contributed by atoms with Crippen LogP contribution in [0.25, 0.3) is 28.0 Å². The maximum absolute atomic E-state index is 13.4. The summed E-state index contributed by atoms with van der Waals surface area (Å²) >= 11 is 0. The number of nitrogens with zero attached hydrogens (tertiary/aromatic N) is 2. The van der Waals surface area contributed by atoms with Crippen molar-refractivity contribution in [2.75, 3.05) is 0 Å². The SMILES string of the molecule is O=C(O)c1cc2[nH]c(-c3ccc(-c4cccc(O)c4)cc3)c(C3CCCCC3)c(=O)n2n1. The second-order valence-corrected chi connectivity index (χ2v) is 8.31. The minimum absolute atomic E-state index is 0.107. The van der Waals surface area contributed by atoms with Crippen molar-refractivity contribution in [2.24, 2.45) is 0 Å². The van der Waals surface area contributed by atoms with E-state index in [-0.39, 0.29) is 22.9 Å². The molecule has 0 unspecified atom stereocenters. The molecule has 1 fully saturated rings. The van der Waals surface area contributed by atoms with Crippen molar-refractivity contribution in [3.8, 4) is 28.1 Å². The molecule has 0 radical (unpaired) electrons. The average molecular weight is 429 g/mol. The lowest BCUT2D eigenvalue weighted by atomic mass is 9.82. The fraction of sp³-hybridized carbons (Fsp3) is 0.240. The van der Waals surface area contributed by atoms with Gasteiger partial charge in [0.25, 0.3) is 5.56 Å². The molecule has 2 aromatic heterocycles. The Morgan fingerprint density at radius 2 is 1.69 bits per heavy atom. The molecule has 7 heteroatoms. The van der Waals surface area contributed by atoms with Crippen LogP contribution in [0.1, 0.15) is 54.1 Å². The maximum Gasteiger partial charge on any atom is 0.356 e. The Labute approximate surface area is 184 Å². The largest absolute Gasteiger partial charge is 0.508 e. The molecule has 0 aliphatic heterocycles. The van der Waals surface area contributed by atoms with E-state index in [4.69, 9.17) is 0 Å². The number of carboxylic acids is 1. The highest BCUT2D eigenvalue weighted by Gasteiger charge is 2.25. The standard InChI is InChI=1S/C25H23N3O4/c29-19-8-4-7-18(13-19)15-9-11-17(12-10-15)23-22(16-5-2-1-3-6-16)24(30)28-21(26-23)14-20(27-28)25(31)32/h4,7-14,16,26,29H,1-3,5-6H2,(H,31,32). The third-order valence-electron chi connectivity index (χ3n) is 6.24. The van der Waals surface area contributed by atoms with Crippen LogP contribution in [-0.2, 0) is 0 Å². The van der Waals surface area contributed by atoms with Crippen molar-refractivity contribution in [2.45, 2.75) is 38.0 Å². The molecular formula is C25H23N3O4. The number of rotatable bonds is 4. The molecule has 162 valence electrons. The van der Waals surface area contributed by atoms with E-state index in [2.05, 4.69) is 10.1 Å². The number of fused-ring (bicyclic) bond motifs is 1. The van der Waals surface area contributed by atoms with Crippen molar-refractivity contribution >= 4 is 11.6 Å². The fourth-order valence-corrected chi connectivity index (χ4v) is 4.66. The first-order valence-electron chi connectivity index (χ1n) is 10.8. The average Bonchev–Trinajstić information content (AvgIpc) is 3.25. The fourth-order valence-electron chi connectivity index (χ4n) is 4.66. The number of phenols is 1. The second kappa shape index (κ2) is 8.00. The summed E-state index contributed by atoms with van der Waals surface area (Å²) in [5.74, 6) is -0.858. The number of carboxylic acid groups (broad SMARTS) is 1. The van der Waals surface area contributed by atoms with Gasteiger partial charge in [0.15, 0.2) is 5.69 Å². The monoisotopic (exact) mass is 429 g/mol. The van der Waals surface area contributed by atoms with E-state index in [0.29, 0.717) is 16.9 Å². The van der Waals surface area contributed by atoms with E-state index in [0.717, 1.165) is 48.8 Å². The number of aromatic amines is 1. The number of hydrogen-bond acceptors (Lipinski definition) is 4. The van der Waals surface area contributed by atoms with Gasteiger partial charge in [-0.3, -0.25) is 4.79 Å². The van der Waals surface area contributed by atoms with Gasteiger partial charge in [-0.25, -0.2) is 4.79 Å². The van der Waals surface area contributed by atoms with E-state index in [1.54, 1.807) is 18.2 Å². The van der Waals surface area contributed by atoms with Crippen molar-refractivity contribution in [1.82, 2.24) is 14.6 Å². The zero-order valence-electron chi connectivity index (χ0n) is 17.4. The van der Waals surface area contributed by atoms with Gasteiger partial charge >= 0.3 is 5.97 Å². The van der Waals surface area contributed by atoms with E-state index in [9.17, 15) is 19.8 Å². The number of aromatic nitrogens is 3. The predicted molar refractivity (Wildman–Crippen MR) is 121 cm³/mol. The summed E-state index contributed by atoms with van der Waals surface area (Å²) < 4.78 is 1.18. The van der Waals surface area contributed by atoms with Gasteiger partial charge in [0.05, 0.1) is 5.69 Å². The van der Waals surface area contributed by atoms with Gasteiger partial charge < -0.3 is 15.2 Å². The Hall–Kier alpha value is -3.87. The lowest BCUT2D eigenvalue weighted by Crippen LogP contribution is -2.25. The van der Waals surface area contributed by atoms with Crippen LogP contribution in [0.3, 0.4) is 0 Å². The minimum atomic E-state index is -1.17. The number of hydrogen-bond donors (Lipinski definition) is 3. The van der Waals surface area contributed by atoms with Crippen LogP contribution in [0.15, 0.2) is 59.4 Å². The van der Waals surface area contributed by atoms with E-state index in [1.807, 2.05) is 30.3 Å². The molecule has 3 N–H and O–H groups in total. The van der Waals surface area contributed by atoms with E-state index >= 15 is 0 Å². The van der Waals surface area contributed by atoms with Crippen LogP contribution in [0.2, 0.25) is 0 Å². The highest BCUT2D eigenvalue weighted by molar-refractivity contribution is 5.86. The van der Waals surface area contributed by atoms with Gasteiger partial charge in [0.1, 0.15) is 11.4 Å². The Morgan fingerprint density at radius 3 is 2.38 bits per heavy atom. The van der Waals surface area contributed by atoms with Crippen molar-refractivity contribution in [3.63, 3.8) is 0 Å². The zero-order valence-corrected chi connectivity index (χ0v) is 17.4. The highest BCUT2D eigenvalue weighted by atomic mass is 16.4. The van der Waals surface area contributed by atoms with Crippen LogP contribution < -0.4 is 5.56 Å². The highest BCUT2D eigenvalue weighted by Crippen LogP contribution is 2.36. The summed E-state index contributed by atoms with van der Waals surface area (Å²) in [5, 5.41) is 23.1. The lowest BCUT2D eigenvalue weighted by Gasteiger charge is -2.23. The van der Waals surface area contributed by atoms with Crippen molar-refractivity contribution < 1.29 is 15.0 Å². The number of aromatic carboxylic acids is 1. The third kappa shape index (κ3) is 3.56. The third-order valence-corrected chi connectivity index (χ3v) is 6.24. The number of H-pyrrole nitrogens is 1. The Kier molecular flexibility index (Phi) is 5.01. The number of nitrogens with one attached hydrogen (secondary N) is 1. The molecule has 7 nitrogen and oxygen atoms in total. The number of carbonyl (C=O) groups is 1. The first kappa shape index (κ1) is 20.1. The molecule has 2 heterocycles. The van der Waals surface area contributed by atoms with Gasteiger partial charge in [-0.1, -0.05) is 55.7 Å². The molecule has 5 rings (SSSR count). The van der Waals surface area contributed by atoms with Crippen LogP contribution in [-0.4, -0.2) is 30.8 Å². The predicted octanol–water partition coefficient (Wildman–Crippen LogP) is 4.81. The molecule has 0 atom stereocenters. The zero-order chi connectivity index (χ0) is 22.2. The maximum atomic E-state index is 13.4. The molecule has 32 heavy (non-hydrogen) atoms. The summed E-state index contributed by atoms with van der Waals surface area (Å²) in [6, 6.07) is 16.2. The van der Waals surface area contributed by atoms with Gasteiger partial charge in [0, 0.05) is 11.6 Å². The number of aromatic hydroxyl groups is 1. The van der Waals surface area contributed by atoms with Gasteiger partial charge in [-0.05, 0) is 47.6 Å². The van der Waals surface area contributed by atoms with Gasteiger partial charge in [-0.15, -0.1) is 0 Å². The molecule has 4 aromatic rings. The van der Waals surface area contributed by atoms with Gasteiger partial charge in [0.2, 0.25) is 0 Å². The molecule has 0 saturated heterocycles. The summed E-state index contributed by atoms with van der Waals surface area (Å²) in [6.45, 7) is 0. The summed E-state index contributed by atoms with van der Waals surface area (Å²) in [7, 11) is 0. The number of phenolic OH excluding ortho intramolecular Hbond substituents is 1. The quantitative estimate of drug-likeness (QED) is 0.432. The first-order chi connectivity index (χ1) is 15.5. The van der Waals surface area contributed by atoms with Gasteiger partial charge in [-0.2, -0.15) is 9.61 Å². The summed E-state index contributed by atoms with van der Waals surface area (Å²) in [5.41, 5.74) is 4.02. The Bertz CT molecular complexity index is 1360. The normalized spacial score (nSPS) is 14.6. The minimum Gasteiger partial charge on any atom is -0.508 e. The van der Waals surface area contributed by atoms with Crippen LogP contribution in [0, 0.1) is 0 Å². The first-order valence-corrected chi connectivity index (χ1v) is 10.8. The number of benzene rings is 2. The van der Waals surface area contributed by atoms with Crippen molar-refractivity contribution in [1.29, 1.82) is 0 Å². The smallest absolute Gasteiger partial charge is 0.356 e. The molecule has 1 aliphatic carbocycles. The van der Waals surface area contributed by atoms with Crippen LogP contribution in [0.5, 0.6) is 5.75 Å². The molecule has 2 aromatic carbocycles. The second-order valence-electron chi connectivity index (χ2n) is 8.31. The van der Waals surface area contributed by atoms with E-state index in [1.165, 1.54) is 10.6 Å². The topological polar surface area (TPSA) is 108 Å². The van der Waals surface area contributed by atoms with Crippen molar-refractivity contribution in [3.05, 3.63) is 76.2 Å². The van der Waals surface area contributed by atoms with E-state index < -0.39 is 5.97 Å². The summed E-state index contributed by atoms with van der Waals surface area (Å²) in [6.07, 6.45) is 5.15. The molecule has 1 saturated carbocycles. The molecule has 0 spiro atoms. The molecule has 1 aliphatic rings. The summed E-state index contributed by atoms with van der Waals surface area (Å²) in [4.78, 5) is 28.1. The van der Waals surface area contributed by atoms with Crippen LogP contribution in [0.4, 0.5) is 0 Å². The van der Waals surface area contributed by atoms with Crippen LogP contribution >= 0.6 is 0 Å². The lowest BCUT2D eigenvalue weighted by molar-refractivity contribution is 0.0690. The Morgan fingerprint density at radius 1 is 0.969 bits per heavy atom. The molecular weight excluding hydrogens is 406 g/mol.